The Morgan fingerprint density at radius 2 is 1.11 bits per heavy atom. The average Bonchev–Trinajstić information content (AvgIpc) is 2.73. The summed E-state index contributed by atoms with van der Waals surface area (Å²) in [6.45, 7) is -1.36. The molecule has 0 saturated carbocycles. The quantitative estimate of drug-likeness (QED) is 0.270. The molecule has 5 heteroatoms. The molecule has 0 bridgehead atoms. The minimum atomic E-state index is -2.77. The van der Waals surface area contributed by atoms with Gasteiger partial charge in [0.15, 0.2) is 11.8 Å². The van der Waals surface area contributed by atoms with Crippen LogP contribution in [0.2, 0.25) is 0 Å². The van der Waals surface area contributed by atoms with Crippen molar-refractivity contribution < 1.29 is 14.3 Å². The second-order valence-electron chi connectivity index (χ2n) is 6.12. The van der Waals surface area contributed by atoms with Crippen LogP contribution < -0.4 is 15.9 Å². The monoisotopic (exact) mass is 410 g/mol. The highest BCUT2D eigenvalue weighted by Gasteiger charge is 2.36. The third-order valence-corrected chi connectivity index (χ3v) is 8.97. The number of benzene rings is 3. The predicted octanol–water partition coefficient (Wildman–Crippen LogP) is 3.48. The summed E-state index contributed by atoms with van der Waals surface area (Å²) in [5.41, 5.74) is 0. The van der Waals surface area contributed by atoms with Gasteiger partial charge >= 0.3 is 5.97 Å². The highest BCUT2D eigenvalue weighted by atomic mass is 35.5. The predicted molar refractivity (Wildman–Crippen MR) is 118 cm³/mol. The SMILES string of the molecule is CC(=O)C(C(=O)OCCl)=P(c1ccccc1)(c1ccccc1)c1ccccc1. The highest BCUT2D eigenvalue weighted by molar-refractivity contribution is 7.97. The molecule has 0 aromatic heterocycles. The molecule has 3 nitrogen and oxygen atoms in total. The summed E-state index contributed by atoms with van der Waals surface area (Å²) in [5.74, 6) is -0.993. The Morgan fingerprint density at radius 3 is 1.39 bits per heavy atom. The third-order valence-electron chi connectivity index (χ3n) is 4.48. The summed E-state index contributed by atoms with van der Waals surface area (Å²) in [4.78, 5) is 25.9. The normalized spacial score (nSPS) is 10.9. The topological polar surface area (TPSA) is 43.4 Å². The molecule has 142 valence electrons. The molecule has 0 N–H and O–H groups in total. The van der Waals surface area contributed by atoms with Crippen LogP contribution in [0.5, 0.6) is 0 Å². The molecule has 0 radical (unpaired) electrons. The second-order valence-corrected chi connectivity index (χ2v) is 9.68. The van der Waals surface area contributed by atoms with E-state index in [0.29, 0.717) is 0 Å². The van der Waals surface area contributed by atoms with Gasteiger partial charge in [0.1, 0.15) is 5.29 Å². The average molecular weight is 411 g/mol. The lowest BCUT2D eigenvalue weighted by Gasteiger charge is -2.31. The fourth-order valence-electron chi connectivity index (χ4n) is 3.42. The molecular weight excluding hydrogens is 391 g/mol. The summed E-state index contributed by atoms with van der Waals surface area (Å²) >= 11 is 5.68. The van der Waals surface area contributed by atoms with Crippen molar-refractivity contribution in [3.8, 4) is 0 Å². The largest absolute Gasteiger partial charge is 0.446 e. The van der Waals surface area contributed by atoms with E-state index in [1.54, 1.807) is 0 Å². The standard InChI is InChI=1S/C23H20ClO3P/c1-18(25)22(23(26)27-17-24)28(19-11-5-2-6-12-19,20-13-7-3-8-14-20)21-15-9-4-10-16-21/h2-16H,17H2,1H3. The Bertz CT molecular complexity index is 912. The first kappa shape index (κ1) is 20.1. The molecule has 0 spiro atoms. The van der Waals surface area contributed by atoms with Crippen LogP contribution in [0.3, 0.4) is 0 Å². The first-order chi connectivity index (χ1) is 13.6. The Morgan fingerprint density at radius 1 is 0.750 bits per heavy atom. The molecule has 0 saturated heterocycles. The van der Waals surface area contributed by atoms with E-state index in [1.165, 1.54) is 6.92 Å². The van der Waals surface area contributed by atoms with Crippen LogP contribution in [0.25, 0.3) is 0 Å². The van der Waals surface area contributed by atoms with Crippen molar-refractivity contribution in [2.24, 2.45) is 0 Å². The molecule has 0 amide bonds. The number of alkyl halides is 1. The van der Waals surface area contributed by atoms with Crippen molar-refractivity contribution in [1.82, 2.24) is 0 Å². The van der Waals surface area contributed by atoms with Crippen molar-refractivity contribution >= 4 is 51.4 Å². The van der Waals surface area contributed by atoms with E-state index in [2.05, 4.69) is 0 Å². The Hall–Kier alpha value is -2.61. The maximum absolute atomic E-state index is 13.0. The maximum atomic E-state index is 13.0. The van der Waals surface area contributed by atoms with Gasteiger partial charge in [0.25, 0.3) is 0 Å². The smallest absolute Gasteiger partial charge is 0.344 e. The molecule has 0 aliphatic carbocycles. The van der Waals surface area contributed by atoms with Crippen LogP contribution in [0.1, 0.15) is 6.92 Å². The fourth-order valence-corrected chi connectivity index (χ4v) is 7.86. The van der Waals surface area contributed by atoms with Gasteiger partial charge in [-0.2, -0.15) is 0 Å². The van der Waals surface area contributed by atoms with Gasteiger partial charge in [0.2, 0.25) is 0 Å². The molecule has 0 aliphatic rings. The number of Topliss-reactive ketones (excluding diaryl/α,β-unsaturated/α-hetero) is 1. The number of ether oxygens (including phenoxy) is 1. The minimum Gasteiger partial charge on any atom is -0.446 e. The summed E-state index contributed by atoms with van der Waals surface area (Å²) in [7, 11) is 0. The Labute approximate surface area is 169 Å². The van der Waals surface area contributed by atoms with E-state index in [1.807, 2.05) is 91.0 Å². The van der Waals surface area contributed by atoms with Crippen molar-refractivity contribution in [3.05, 3.63) is 91.0 Å². The Kier molecular flexibility index (Phi) is 6.51. The number of halogens is 1. The van der Waals surface area contributed by atoms with Gasteiger partial charge in [-0.15, -0.1) is 0 Å². The zero-order chi connectivity index (χ0) is 20.0. The van der Waals surface area contributed by atoms with Crippen LogP contribution in [0.15, 0.2) is 91.0 Å². The van der Waals surface area contributed by atoms with Gasteiger partial charge in [0.05, 0.1) is 0 Å². The highest BCUT2D eigenvalue weighted by Crippen LogP contribution is 2.46. The summed E-state index contributed by atoms with van der Waals surface area (Å²) < 4.78 is 5.13. The number of carbonyl (C=O) groups excluding carboxylic acids is 2. The first-order valence-corrected chi connectivity index (χ1v) is 11.1. The third kappa shape index (κ3) is 3.69. The van der Waals surface area contributed by atoms with Crippen LogP contribution in [-0.2, 0) is 14.3 Å². The molecular formula is C23H20ClO3P. The molecule has 3 aromatic carbocycles. The van der Waals surface area contributed by atoms with Gasteiger partial charge in [-0.1, -0.05) is 103 Å². The van der Waals surface area contributed by atoms with Crippen molar-refractivity contribution in [2.75, 3.05) is 6.07 Å². The van der Waals surface area contributed by atoms with Gasteiger partial charge in [-0.25, -0.2) is 4.79 Å². The fraction of sp³-hybridized carbons (Fsp3) is 0.0870. The van der Waals surface area contributed by atoms with E-state index in [0.717, 1.165) is 15.9 Å². The molecule has 28 heavy (non-hydrogen) atoms. The summed E-state index contributed by atoms with van der Waals surface area (Å²) in [5, 5.41) is 2.86. The summed E-state index contributed by atoms with van der Waals surface area (Å²) in [6.07, 6.45) is 0. The number of carbonyl (C=O) groups is 2. The Balaban J connectivity index is 2.60. The zero-order valence-electron chi connectivity index (χ0n) is 15.4. The van der Waals surface area contributed by atoms with Crippen molar-refractivity contribution in [3.63, 3.8) is 0 Å². The van der Waals surface area contributed by atoms with E-state index in [9.17, 15) is 9.59 Å². The van der Waals surface area contributed by atoms with Gasteiger partial charge in [-0.3, -0.25) is 4.79 Å². The minimum absolute atomic E-state index is 0.136. The van der Waals surface area contributed by atoms with Gasteiger partial charge in [-0.05, 0) is 29.7 Å². The van der Waals surface area contributed by atoms with E-state index in [4.69, 9.17) is 16.3 Å². The van der Waals surface area contributed by atoms with Crippen molar-refractivity contribution in [2.45, 2.75) is 6.92 Å². The van der Waals surface area contributed by atoms with E-state index in [-0.39, 0.29) is 17.1 Å². The van der Waals surface area contributed by atoms with Crippen LogP contribution in [0, 0.1) is 0 Å². The zero-order valence-corrected chi connectivity index (χ0v) is 17.1. The van der Waals surface area contributed by atoms with E-state index >= 15 is 0 Å². The van der Waals surface area contributed by atoms with Crippen LogP contribution >= 0.6 is 18.5 Å². The molecule has 0 atom stereocenters. The maximum Gasteiger partial charge on any atom is 0.344 e. The second kappa shape index (κ2) is 9.05. The molecule has 0 aliphatic heterocycles. The number of esters is 1. The number of ketones is 1. The van der Waals surface area contributed by atoms with E-state index < -0.39 is 12.9 Å². The lowest BCUT2D eigenvalue weighted by Crippen LogP contribution is -2.37. The molecule has 0 heterocycles. The van der Waals surface area contributed by atoms with Gasteiger partial charge in [0, 0.05) is 0 Å². The molecule has 0 unspecified atom stereocenters. The van der Waals surface area contributed by atoms with Crippen LogP contribution in [-0.4, -0.2) is 23.1 Å². The number of hydrogen-bond acceptors (Lipinski definition) is 3. The molecule has 3 aromatic rings. The lowest BCUT2D eigenvalue weighted by atomic mass is 10.3. The van der Waals surface area contributed by atoms with Gasteiger partial charge < -0.3 is 4.74 Å². The lowest BCUT2D eigenvalue weighted by molar-refractivity contribution is -0.134. The van der Waals surface area contributed by atoms with Crippen molar-refractivity contribution in [1.29, 1.82) is 0 Å². The number of hydrogen-bond donors (Lipinski definition) is 0. The van der Waals surface area contributed by atoms with Crippen LogP contribution in [0.4, 0.5) is 0 Å². The molecule has 0 fully saturated rings. The number of rotatable bonds is 6. The molecule has 3 rings (SSSR count). The summed E-state index contributed by atoms with van der Waals surface area (Å²) in [6, 6.07) is 28.7. The first-order valence-electron chi connectivity index (χ1n) is 8.79.